The number of benzene rings is 1. The van der Waals surface area contributed by atoms with E-state index in [2.05, 4.69) is 26.6 Å². The van der Waals surface area contributed by atoms with Crippen LogP contribution < -0.4 is 10.6 Å². The predicted octanol–water partition coefficient (Wildman–Crippen LogP) is 3.72. The maximum atomic E-state index is 12.5. The van der Waals surface area contributed by atoms with Crippen LogP contribution in [-0.2, 0) is 11.3 Å². The van der Waals surface area contributed by atoms with E-state index in [1.54, 1.807) is 48.5 Å². The minimum atomic E-state index is -0.455. The van der Waals surface area contributed by atoms with Crippen molar-refractivity contribution in [3.05, 3.63) is 88.3 Å². The molecule has 6 nitrogen and oxygen atoms in total. The molecule has 0 bridgehead atoms. The maximum Gasteiger partial charge on any atom is 0.268 e. The summed E-state index contributed by atoms with van der Waals surface area (Å²) in [7, 11) is 0. The Balaban J connectivity index is 1.75. The monoisotopic (exact) mass is 414 g/mol. The lowest BCUT2D eigenvalue weighted by atomic mass is 10.2. The molecule has 0 saturated carbocycles. The zero-order chi connectivity index (χ0) is 18.4. The Morgan fingerprint density at radius 2 is 1.73 bits per heavy atom. The fourth-order valence-corrected chi connectivity index (χ4v) is 2.41. The molecule has 2 heterocycles. The fourth-order valence-electron chi connectivity index (χ4n) is 2.15. The highest BCUT2D eigenvalue weighted by atomic mass is 79.9. The fraction of sp³-hybridized carbons (Fsp3) is 0.0526. The Morgan fingerprint density at radius 1 is 1.00 bits per heavy atom. The third-order valence-corrected chi connectivity index (χ3v) is 3.96. The van der Waals surface area contributed by atoms with Crippen LogP contribution in [0.4, 0.5) is 0 Å². The van der Waals surface area contributed by atoms with E-state index < -0.39 is 11.8 Å². The van der Waals surface area contributed by atoms with Crippen molar-refractivity contribution in [2.75, 3.05) is 0 Å². The molecular formula is C19H15BrN2O4. The third kappa shape index (κ3) is 4.73. The predicted molar refractivity (Wildman–Crippen MR) is 98.8 cm³/mol. The zero-order valence-corrected chi connectivity index (χ0v) is 15.2. The van der Waals surface area contributed by atoms with Crippen LogP contribution in [0.25, 0.3) is 6.08 Å². The quantitative estimate of drug-likeness (QED) is 0.601. The van der Waals surface area contributed by atoms with Crippen LogP contribution in [0.5, 0.6) is 0 Å². The number of furan rings is 2. The summed E-state index contributed by atoms with van der Waals surface area (Å²) < 4.78 is 11.3. The highest BCUT2D eigenvalue weighted by molar-refractivity contribution is 9.10. The Labute approximate surface area is 158 Å². The van der Waals surface area contributed by atoms with Crippen LogP contribution in [0.15, 0.2) is 80.1 Å². The van der Waals surface area contributed by atoms with Gasteiger partial charge in [-0.1, -0.05) is 15.9 Å². The average Bonchev–Trinajstić information content (AvgIpc) is 3.33. The van der Waals surface area contributed by atoms with Crippen LogP contribution >= 0.6 is 15.9 Å². The van der Waals surface area contributed by atoms with Crippen molar-refractivity contribution in [2.45, 2.75) is 6.54 Å². The van der Waals surface area contributed by atoms with Gasteiger partial charge in [-0.3, -0.25) is 9.59 Å². The highest BCUT2D eigenvalue weighted by Crippen LogP contribution is 2.12. The summed E-state index contributed by atoms with van der Waals surface area (Å²) >= 11 is 3.32. The Bertz CT molecular complexity index is 898. The minimum Gasteiger partial charge on any atom is -0.467 e. The zero-order valence-electron chi connectivity index (χ0n) is 13.6. The topological polar surface area (TPSA) is 84.5 Å². The van der Waals surface area contributed by atoms with Crippen LogP contribution in [0.3, 0.4) is 0 Å². The van der Waals surface area contributed by atoms with E-state index in [4.69, 9.17) is 8.83 Å². The Hall–Kier alpha value is -3.06. The van der Waals surface area contributed by atoms with Crippen molar-refractivity contribution in [3.8, 4) is 0 Å². The summed E-state index contributed by atoms with van der Waals surface area (Å²) in [5, 5.41) is 5.32. The number of carbonyl (C=O) groups excluding carboxylic acids is 2. The lowest BCUT2D eigenvalue weighted by Gasteiger charge is -2.10. The van der Waals surface area contributed by atoms with Crippen molar-refractivity contribution >= 4 is 33.8 Å². The van der Waals surface area contributed by atoms with Crippen molar-refractivity contribution in [1.29, 1.82) is 0 Å². The molecule has 3 rings (SSSR count). The van der Waals surface area contributed by atoms with Crippen molar-refractivity contribution < 1.29 is 18.4 Å². The molecule has 0 aliphatic heterocycles. The summed E-state index contributed by atoms with van der Waals surface area (Å²) in [4.78, 5) is 24.9. The lowest BCUT2D eigenvalue weighted by molar-refractivity contribution is -0.118. The van der Waals surface area contributed by atoms with Gasteiger partial charge in [-0.2, -0.15) is 0 Å². The molecule has 0 radical (unpaired) electrons. The highest BCUT2D eigenvalue weighted by Gasteiger charge is 2.15. The number of halogens is 1. The number of hydrogen-bond donors (Lipinski definition) is 2. The van der Waals surface area contributed by atoms with E-state index in [-0.39, 0.29) is 12.2 Å². The van der Waals surface area contributed by atoms with Gasteiger partial charge in [0.1, 0.15) is 17.2 Å². The molecule has 132 valence electrons. The molecule has 0 fully saturated rings. The summed E-state index contributed by atoms with van der Waals surface area (Å²) in [6.07, 6.45) is 4.48. The smallest absolute Gasteiger partial charge is 0.268 e. The molecule has 3 aromatic rings. The molecule has 0 aliphatic rings. The SMILES string of the molecule is O=C(NCc1ccco1)/C(=C/c1ccco1)NC(=O)c1ccc(Br)cc1. The molecule has 26 heavy (non-hydrogen) atoms. The largest absolute Gasteiger partial charge is 0.467 e. The van der Waals surface area contributed by atoms with Gasteiger partial charge in [-0.25, -0.2) is 0 Å². The first-order valence-corrected chi connectivity index (χ1v) is 8.54. The van der Waals surface area contributed by atoms with Crippen LogP contribution in [0, 0.1) is 0 Å². The maximum absolute atomic E-state index is 12.5. The van der Waals surface area contributed by atoms with Gasteiger partial charge in [-0.15, -0.1) is 0 Å². The van der Waals surface area contributed by atoms with Crippen molar-refractivity contribution in [2.24, 2.45) is 0 Å². The van der Waals surface area contributed by atoms with Gasteiger partial charge in [-0.05, 0) is 48.5 Å². The van der Waals surface area contributed by atoms with E-state index >= 15 is 0 Å². The first-order valence-electron chi connectivity index (χ1n) is 7.74. The molecule has 0 atom stereocenters. The average molecular weight is 415 g/mol. The van der Waals surface area contributed by atoms with Gasteiger partial charge in [0.15, 0.2) is 0 Å². The van der Waals surface area contributed by atoms with Gasteiger partial charge >= 0.3 is 0 Å². The van der Waals surface area contributed by atoms with Gasteiger partial charge in [0.05, 0.1) is 19.1 Å². The molecule has 2 aromatic heterocycles. The first-order chi connectivity index (χ1) is 12.6. The number of amides is 2. The summed E-state index contributed by atoms with van der Waals surface area (Å²) in [6.45, 7) is 0.204. The minimum absolute atomic E-state index is 0.0689. The first kappa shape index (κ1) is 17.8. The summed E-state index contributed by atoms with van der Waals surface area (Å²) in [6, 6.07) is 13.7. The second-order valence-corrected chi connectivity index (χ2v) is 6.21. The van der Waals surface area contributed by atoms with Gasteiger partial charge in [0.25, 0.3) is 11.8 Å². The van der Waals surface area contributed by atoms with E-state index in [1.807, 2.05) is 0 Å². The second-order valence-electron chi connectivity index (χ2n) is 5.30. The molecule has 0 saturated heterocycles. The molecule has 2 N–H and O–H groups in total. The molecular weight excluding hydrogens is 400 g/mol. The summed E-state index contributed by atoms with van der Waals surface area (Å²) in [5.41, 5.74) is 0.497. The molecule has 0 unspecified atom stereocenters. The molecule has 2 amide bonds. The number of nitrogens with one attached hydrogen (secondary N) is 2. The third-order valence-electron chi connectivity index (χ3n) is 3.43. The molecule has 0 spiro atoms. The molecule has 0 aliphatic carbocycles. The van der Waals surface area contributed by atoms with Crippen LogP contribution in [-0.4, -0.2) is 11.8 Å². The normalized spacial score (nSPS) is 11.2. The van der Waals surface area contributed by atoms with Gasteiger partial charge in [0, 0.05) is 16.1 Å². The van der Waals surface area contributed by atoms with E-state index in [9.17, 15) is 9.59 Å². The molecule has 7 heteroatoms. The van der Waals surface area contributed by atoms with E-state index in [0.717, 1.165) is 4.47 Å². The van der Waals surface area contributed by atoms with Crippen molar-refractivity contribution in [1.82, 2.24) is 10.6 Å². The van der Waals surface area contributed by atoms with E-state index in [0.29, 0.717) is 17.1 Å². The number of carbonyl (C=O) groups is 2. The second kappa shape index (κ2) is 8.35. The summed E-state index contributed by atoms with van der Waals surface area (Å²) in [5.74, 6) is 0.200. The Morgan fingerprint density at radius 3 is 2.38 bits per heavy atom. The lowest BCUT2D eigenvalue weighted by Crippen LogP contribution is -2.34. The van der Waals surface area contributed by atoms with Crippen LogP contribution in [0.2, 0.25) is 0 Å². The van der Waals surface area contributed by atoms with Gasteiger partial charge in [0.2, 0.25) is 0 Å². The Kier molecular flexibility index (Phi) is 5.70. The van der Waals surface area contributed by atoms with E-state index in [1.165, 1.54) is 18.6 Å². The van der Waals surface area contributed by atoms with Crippen LogP contribution in [0.1, 0.15) is 21.9 Å². The number of hydrogen-bond acceptors (Lipinski definition) is 4. The van der Waals surface area contributed by atoms with Crippen molar-refractivity contribution in [3.63, 3.8) is 0 Å². The molecule has 1 aromatic carbocycles. The van der Waals surface area contributed by atoms with Gasteiger partial charge < -0.3 is 19.5 Å². The number of rotatable bonds is 6. The standard InChI is InChI=1S/C19H15BrN2O4/c20-14-7-5-13(6-8-14)18(23)22-17(11-15-3-1-9-25-15)19(24)21-12-16-4-2-10-26-16/h1-11H,12H2,(H,21,24)(H,22,23)/b17-11-.